The fraction of sp³-hybridized carbons (Fsp3) is 0.238. The Hall–Kier alpha value is -3.28. The number of ether oxygens (including phenoxy) is 1. The summed E-state index contributed by atoms with van der Waals surface area (Å²) in [4.78, 5) is 30.5. The average Bonchev–Trinajstić information content (AvgIpc) is 3.05. The third-order valence-corrected chi connectivity index (χ3v) is 5.28. The van der Waals surface area contributed by atoms with Gasteiger partial charge in [0.15, 0.2) is 0 Å². The van der Waals surface area contributed by atoms with Gasteiger partial charge in [-0.1, -0.05) is 29.3 Å². The number of halogens is 2. The highest BCUT2D eigenvalue weighted by Crippen LogP contribution is 2.36. The minimum Gasteiger partial charge on any atom is -0.506 e. The number of benzene rings is 2. The largest absolute Gasteiger partial charge is 0.506 e. The van der Waals surface area contributed by atoms with Gasteiger partial charge in [0.1, 0.15) is 11.8 Å². The predicted molar refractivity (Wildman–Crippen MR) is 117 cm³/mol. The number of aliphatic imine (C=N–C) groups is 1. The summed E-state index contributed by atoms with van der Waals surface area (Å²) in [6.45, 7) is 1.95. The fourth-order valence-electron chi connectivity index (χ4n) is 3.00. The lowest BCUT2D eigenvalue weighted by molar-refractivity contribution is -0.143. The third kappa shape index (κ3) is 4.90. The average molecular weight is 461 g/mol. The Labute approximate surface area is 188 Å². The second-order valence-electron chi connectivity index (χ2n) is 6.53. The molecule has 2 aromatic rings. The molecule has 0 saturated carbocycles. The van der Waals surface area contributed by atoms with E-state index < -0.39 is 17.9 Å². The first kappa shape index (κ1) is 22.4. The SMILES string of the molecule is CCOC(=O)CC[C@@H]1N=C(Nc2ccc(C#N)cc2O)N(c2cccc(Cl)c2Cl)C1=O. The van der Waals surface area contributed by atoms with Crippen molar-refractivity contribution in [2.24, 2.45) is 4.99 Å². The molecule has 0 spiro atoms. The molecule has 2 N–H and O–H groups in total. The molecule has 2 aromatic carbocycles. The summed E-state index contributed by atoms with van der Waals surface area (Å²) in [5.41, 5.74) is 0.812. The van der Waals surface area contributed by atoms with Gasteiger partial charge < -0.3 is 15.2 Å². The summed E-state index contributed by atoms with van der Waals surface area (Å²) >= 11 is 12.4. The van der Waals surface area contributed by atoms with E-state index in [1.807, 2.05) is 6.07 Å². The maximum Gasteiger partial charge on any atom is 0.305 e. The van der Waals surface area contributed by atoms with E-state index in [0.717, 1.165) is 0 Å². The van der Waals surface area contributed by atoms with Crippen LogP contribution in [0.3, 0.4) is 0 Å². The maximum absolute atomic E-state index is 13.1. The fourth-order valence-corrected chi connectivity index (χ4v) is 3.38. The summed E-state index contributed by atoms with van der Waals surface area (Å²) in [6, 6.07) is 10.2. The number of phenolic OH excluding ortho intramolecular Hbond substituents is 1. The van der Waals surface area contributed by atoms with Gasteiger partial charge in [-0.05, 0) is 43.7 Å². The van der Waals surface area contributed by atoms with Crippen molar-refractivity contribution in [1.29, 1.82) is 5.26 Å². The van der Waals surface area contributed by atoms with Crippen LogP contribution in [-0.2, 0) is 14.3 Å². The molecule has 10 heteroatoms. The maximum atomic E-state index is 13.1. The molecule has 31 heavy (non-hydrogen) atoms. The van der Waals surface area contributed by atoms with Crippen molar-refractivity contribution in [1.82, 2.24) is 0 Å². The van der Waals surface area contributed by atoms with Gasteiger partial charge in [0, 0.05) is 6.42 Å². The molecule has 0 bridgehead atoms. The van der Waals surface area contributed by atoms with Crippen LogP contribution in [0.5, 0.6) is 5.75 Å². The molecule has 1 aliphatic heterocycles. The summed E-state index contributed by atoms with van der Waals surface area (Å²) < 4.78 is 4.92. The number of nitrogens with one attached hydrogen (secondary N) is 1. The Balaban J connectivity index is 1.94. The van der Waals surface area contributed by atoms with Gasteiger partial charge in [0.05, 0.1) is 39.7 Å². The summed E-state index contributed by atoms with van der Waals surface area (Å²) in [7, 11) is 0. The lowest BCUT2D eigenvalue weighted by atomic mass is 10.1. The molecule has 1 atom stereocenters. The number of rotatable bonds is 6. The van der Waals surface area contributed by atoms with Crippen molar-refractivity contribution in [3.05, 3.63) is 52.0 Å². The molecule has 0 radical (unpaired) electrons. The predicted octanol–water partition coefficient (Wildman–Crippen LogP) is 4.10. The zero-order valence-electron chi connectivity index (χ0n) is 16.4. The van der Waals surface area contributed by atoms with E-state index in [1.54, 1.807) is 25.1 Å². The van der Waals surface area contributed by atoms with Crippen molar-refractivity contribution in [3.63, 3.8) is 0 Å². The molecule has 0 fully saturated rings. The highest BCUT2D eigenvalue weighted by molar-refractivity contribution is 6.45. The van der Waals surface area contributed by atoms with E-state index in [0.29, 0.717) is 5.69 Å². The van der Waals surface area contributed by atoms with Crippen molar-refractivity contribution < 1.29 is 19.4 Å². The molecule has 160 valence electrons. The number of carbonyl (C=O) groups excluding carboxylic acids is 2. The molecule has 3 rings (SSSR count). The number of aromatic hydroxyl groups is 1. The van der Waals surface area contributed by atoms with Crippen LogP contribution in [0.15, 0.2) is 41.4 Å². The summed E-state index contributed by atoms with van der Waals surface area (Å²) in [5, 5.41) is 22.5. The second-order valence-corrected chi connectivity index (χ2v) is 7.31. The Morgan fingerprint density at radius 1 is 1.35 bits per heavy atom. The number of esters is 1. The van der Waals surface area contributed by atoms with Crippen molar-refractivity contribution in [3.8, 4) is 11.8 Å². The lowest BCUT2D eigenvalue weighted by Crippen LogP contribution is -2.39. The summed E-state index contributed by atoms with van der Waals surface area (Å²) in [5.74, 6) is -0.933. The topological polar surface area (TPSA) is 115 Å². The van der Waals surface area contributed by atoms with Gasteiger partial charge in [0.25, 0.3) is 5.91 Å². The zero-order valence-corrected chi connectivity index (χ0v) is 17.9. The van der Waals surface area contributed by atoms with E-state index in [9.17, 15) is 14.7 Å². The standard InChI is InChI=1S/C21H18Cl2N4O4/c1-2-31-18(29)9-8-15-20(30)27(16-5-3-4-13(22)19(16)23)21(26-15)25-14-7-6-12(11-24)10-17(14)28/h3-7,10,15,28H,2,8-9H2,1H3,(H,25,26)/t15-/m0/s1. The summed E-state index contributed by atoms with van der Waals surface area (Å²) in [6.07, 6.45) is 0.150. The van der Waals surface area contributed by atoms with E-state index in [1.165, 1.54) is 23.1 Å². The molecular weight excluding hydrogens is 443 g/mol. The Morgan fingerprint density at radius 3 is 2.81 bits per heavy atom. The molecular formula is C21H18Cl2N4O4. The van der Waals surface area contributed by atoms with Crippen molar-refractivity contribution >= 4 is 52.4 Å². The van der Waals surface area contributed by atoms with Crippen LogP contribution in [0.2, 0.25) is 10.0 Å². The van der Waals surface area contributed by atoms with E-state index in [2.05, 4.69) is 10.3 Å². The van der Waals surface area contributed by atoms with Gasteiger partial charge in [-0.2, -0.15) is 5.26 Å². The quantitative estimate of drug-likeness (QED) is 0.495. The number of anilines is 2. The van der Waals surface area contributed by atoms with Gasteiger partial charge >= 0.3 is 5.97 Å². The smallest absolute Gasteiger partial charge is 0.305 e. The molecule has 0 saturated heterocycles. The van der Waals surface area contributed by atoms with Gasteiger partial charge in [-0.15, -0.1) is 0 Å². The number of guanidine groups is 1. The van der Waals surface area contributed by atoms with E-state index in [4.69, 9.17) is 33.2 Å². The lowest BCUT2D eigenvalue weighted by Gasteiger charge is -2.22. The van der Waals surface area contributed by atoms with Crippen LogP contribution < -0.4 is 10.2 Å². The van der Waals surface area contributed by atoms with Crippen LogP contribution in [-0.4, -0.2) is 35.6 Å². The van der Waals surface area contributed by atoms with Crippen LogP contribution in [0.25, 0.3) is 0 Å². The van der Waals surface area contributed by atoms with Crippen LogP contribution in [0.1, 0.15) is 25.3 Å². The minimum absolute atomic E-state index is 0.0141. The second kappa shape index (κ2) is 9.69. The Bertz CT molecular complexity index is 1100. The van der Waals surface area contributed by atoms with E-state index >= 15 is 0 Å². The van der Waals surface area contributed by atoms with Crippen molar-refractivity contribution in [2.45, 2.75) is 25.8 Å². The Morgan fingerprint density at radius 2 is 2.13 bits per heavy atom. The molecule has 0 aliphatic carbocycles. The number of carbonyl (C=O) groups is 2. The number of hydrogen-bond acceptors (Lipinski definition) is 7. The molecule has 1 aliphatic rings. The number of amides is 1. The number of nitriles is 1. The highest BCUT2D eigenvalue weighted by atomic mass is 35.5. The van der Waals surface area contributed by atoms with E-state index in [-0.39, 0.29) is 52.5 Å². The number of hydrogen-bond donors (Lipinski definition) is 2. The van der Waals surface area contributed by atoms with Crippen LogP contribution >= 0.6 is 23.2 Å². The first-order valence-electron chi connectivity index (χ1n) is 9.37. The zero-order chi connectivity index (χ0) is 22.5. The number of nitrogens with zero attached hydrogens (tertiary/aromatic N) is 3. The minimum atomic E-state index is -0.859. The van der Waals surface area contributed by atoms with Crippen LogP contribution in [0.4, 0.5) is 11.4 Å². The first-order valence-corrected chi connectivity index (χ1v) is 10.1. The highest BCUT2D eigenvalue weighted by Gasteiger charge is 2.37. The molecule has 8 nitrogen and oxygen atoms in total. The number of phenols is 1. The third-order valence-electron chi connectivity index (χ3n) is 4.47. The monoisotopic (exact) mass is 460 g/mol. The Kier molecular flexibility index (Phi) is 7.00. The van der Waals surface area contributed by atoms with Crippen LogP contribution in [0, 0.1) is 11.3 Å². The molecule has 1 amide bonds. The van der Waals surface area contributed by atoms with Gasteiger partial charge in [-0.25, -0.2) is 9.89 Å². The van der Waals surface area contributed by atoms with Crippen molar-refractivity contribution in [2.75, 3.05) is 16.8 Å². The normalized spacial score (nSPS) is 15.4. The molecule has 1 heterocycles. The van der Waals surface area contributed by atoms with Gasteiger partial charge in [0.2, 0.25) is 5.96 Å². The molecule has 0 aromatic heterocycles. The molecule has 0 unspecified atom stereocenters. The first-order chi connectivity index (χ1) is 14.8. The van der Waals surface area contributed by atoms with Gasteiger partial charge in [-0.3, -0.25) is 9.59 Å².